The van der Waals surface area contributed by atoms with Gasteiger partial charge in [-0.2, -0.15) is 0 Å². The highest BCUT2D eigenvalue weighted by Crippen LogP contribution is 2.49. The second kappa shape index (κ2) is 5.20. The van der Waals surface area contributed by atoms with E-state index in [-0.39, 0.29) is 17.4 Å². The van der Waals surface area contributed by atoms with Crippen molar-refractivity contribution in [3.63, 3.8) is 0 Å². The molecule has 3 heteroatoms. The van der Waals surface area contributed by atoms with E-state index in [1.807, 2.05) is 0 Å². The van der Waals surface area contributed by atoms with Gasteiger partial charge in [-0.15, -0.1) is 0 Å². The van der Waals surface area contributed by atoms with E-state index in [4.69, 9.17) is 0 Å². The predicted octanol–water partition coefficient (Wildman–Crippen LogP) is 2.46. The third kappa shape index (κ3) is 3.05. The van der Waals surface area contributed by atoms with Crippen molar-refractivity contribution in [3.8, 4) is 0 Å². The van der Waals surface area contributed by atoms with Crippen LogP contribution in [0.2, 0.25) is 0 Å². The second-order valence-electron chi connectivity index (χ2n) is 6.95. The van der Waals surface area contributed by atoms with Crippen molar-refractivity contribution in [2.45, 2.75) is 65.3 Å². The van der Waals surface area contributed by atoms with E-state index < -0.39 is 0 Å². The van der Waals surface area contributed by atoms with Gasteiger partial charge in [0.05, 0.1) is 6.04 Å². The summed E-state index contributed by atoms with van der Waals surface area (Å²) in [5.41, 5.74) is 0.535. The Kier molecular flexibility index (Phi) is 4.00. The lowest BCUT2D eigenvalue weighted by molar-refractivity contribution is -0.127. The fourth-order valence-electron chi connectivity index (χ4n) is 3.26. The quantitative estimate of drug-likeness (QED) is 0.789. The molecule has 0 bridgehead atoms. The number of carbonyl (C=O) groups is 1. The summed E-state index contributed by atoms with van der Waals surface area (Å²) < 4.78 is 0. The van der Waals surface area contributed by atoms with Crippen molar-refractivity contribution in [1.29, 1.82) is 0 Å². The Morgan fingerprint density at radius 1 is 1.33 bits per heavy atom. The largest absolute Gasteiger partial charge is 0.354 e. The summed E-state index contributed by atoms with van der Waals surface area (Å²) >= 11 is 0. The molecule has 2 rings (SSSR count). The smallest absolute Gasteiger partial charge is 0.237 e. The van der Waals surface area contributed by atoms with Crippen molar-refractivity contribution in [2.24, 2.45) is 10.8 Å². The summed E-state index contributed by atoms with van der Waals surface area (Å²) in [5, 5.41) is 6.58. The molecule has 104 valence electrons. The molecular formula is C15H28N2O. The number of nitrogens with one attached hydrogen (secondary N) is 2. The summed E-state index contributed by atoms with van der Waals surface area (Å²) in [6.07, 6.45) is 7.39. The van der Waals surface area contributed by atoms with E-state index in [0.717, 1.165) is 19.5 Å². The third-order valence-corrected chi connectivity index (χ3v) is 4.77. The molecule has 0 aromatic carbocycles. The highest BCUT2D eigenvalue weighted by molar-refractivity contribution is 5.82. The zero-order chi connectivity index (χ0) is 13.2. The number of rotatable bonds is 5. The van der Waals surface area contributed by atoms with Crippen molar-refractivity contribution in [2.75, 3.05) is 13.1 Å². The number of carbonyl (C=O) groups excluding carboxylic acids is 1. The van der Waals surface area contributed by atoms with E-state index in [9.17, 15) is 4.79 Å². The van der Waals surface area contributed by atoms with Crippen LogP contribution in [0.5, 0.6) is 0 Å². The Bertz CT molecular complexity index is 308. The van der Waals surface area contributed by atoms with E-state index in [2.05, 4.69) is 31.4 Å². The molecular weight excluding hydrogens is 224 g/mol. The van der Waals surface area contributed by atoms with Crippen molar-refractivity contribution >= 4 is 5.91 Å². The van der Waals surface area contributed by atoms with Gasteiger partial charge in [-0.25, -0.2) is 0 Å². The highest BCUT2D eigenvalue weighted by atomic mass is 16.2. The fraction of sp³-hybridized carbons (Fsp3) is 0.933. The van der Waals surface area contributed by atoms with Gasteiger partial charge in [-0.1, -0.05) is 27.2 Å². The lowest BCUT2D eigenvalue weighted by Gasteiger charge is -2.38. The van der Waals surface area contributed by atoms with Crippen LogP contribution in [0.4, 0.5) is 0 Å². The van der Waals surface area contributed by atoms with Crippen LogP contribution in [-0.2, 0) is 4.79 Å². The number of hydrogen-bond acceptors (Lipinski definition) is 2. The minimum Gasteiger partial charge on any atom is -0.354 e. The van der Waals surface area contributed by atoms with Gasteiger partial charge in [0.15, 0.2) is 0 Å². The van der Waals surface area contributed by atoms with Gasteiger partial charge in [0.25, 0.3) is 0 Å². The normalized spacial score (nSPS) is 28.7. The SMILES string of the molecule is CCCC1(CNC(=O)C2NCCCC2(C)C)CC1. The average Bonchev–Trinajstić information content (AvgIpc) is 3.06. The van der Waals surface area contributed by atoms with Crippen LogP contribution in [0.3, 0.4) is 0 Å². The molecule has 1 heterocycles. The fourth-order valence-corrected chi connectivity index (χ4v) is 3.26. The van der Waals surface area contributed by atoms with Crippen LogP contribution in [0.15, 0.2) is 0 Å². The first-order valence-corrected chi connectivity index (χ1v) is 7.50. The maximum absolute atomic E-state index is 12.3. The first-order valence-electron chi connectivity index (χ1n) is 7.50. The monoisotopic (exact) mass is 252 g/mol. The molecule has 1 saturated heterocycles. The van der Waals surface area contributed by atoms with E-state index in [1.54, 1.807) is 0 Å². The van der Waals surface area contributed by atoms with Crippen LogP contribution < -0.4 is 10.6 Å². The summed E-state index contributed by atoms with van der Waals surface area (Å²) in [7, 11) is 0. The number of amides is 1. The molecule has 1 atom stereocenters. The summed E-state index contributed by atoms with van der Waals surface area (Å²) in [5.74, 6) is 0.210. The lowest BCUT2D eigenvalue weighted by Crippen LogP contribution is -2.56. The van der Waals surface area contributed by atoms with Gasteiger partial charge in [0.2, 0.25) is 5.91 Å². The Balaban J connectivity index is 1.84. The Morgan fingerprint density at radius 2 is 2.06 bits per heavy atom. The van der Waals surface area contributed by atoms with Crippen molar-refractivity contribution < 1.29 is 4.79 Å². The molecule has 0 radical (unpaired) electrons. The van der Waals surface area contributed by atoms with Gasteiger partial charge in [-0.3, -0.25) is 4.79 Å². The Labute approximate surface area is 111 Å². The molecule has 2 fully saturated rings. The highest BCUT2D eigenvalue weighted by Gasteiger charge is 2.43. The van der Waals surface area contributed by atoms with Crippen molar-refractivity contribution in [1.82, 2.24) is 10.6 Å². The molecule has 2 aliphatic rings. The Morgan fingerprint density at radius 3 is 2.61 bits per heavy atom. The molecule has 0 aromatic heterocycles. The van der Waals surface area contributed by atoms with Crippen LogP contribution in [0.25, 0.3) is 0 Å². The lowest BCUT2D eigenvalue weighted by atomic mass is 9.77. The van der Waals surface area contributed by atoms with Crippen molar-refractivity contribution in [3.05, 3.63) is 0 Å². The van der Waals surface area contributed by atoms with Crippen LogP contribution in [-0.4, -0.2) is 25.0 Å². The summed E-state index contributed by atoms with van der Waals surface area (Å²) in [4.78, 5) is 12.3. The first-order chi connectivity index (χ1) is 8.49. The van der Waals surface area contributed by atoms with E-state index >= 15 is 0 Å². The molecule has 18 heavy (non-hydrogen) atoms. The standard InChI is InChI=1S/C15H28N2O/c1-4-6-15(8-9-15)11-17-13(18)12-14(2,3)7-5-10-16-12/h12,16H,4-11H2,1-3H3,(H,17,18). The number of hydrogen-bond donors (Lipinski definition) is 2. The first kappa shape index (κ1) is 13.9. The van der Waals surface area contributed by atoms with E-state index in [0.29, 0.717) is 5.41 Å². The molecule has 0 spiro atoms. The molecule has 2 N–H and O–H groups in total. The molecule has 1 amide bonds. The second-order valence-corrected chi connectivity index (χ2v) is 6.95. The van der Waals surface area contributed by atoms with Gasteiger partial charge < -0.3 is 10.6 Å². The third-order valence-electron chi connectivity index (χ3n) is 4.77. The van der Waals surface area contributed by atoms with Gasteiger partial charge in [0.1, 0.15) is 0 Å². The molecule has 3 nitrogen and oxygen atoms in total. The molecule has 1 unspecified atom stereocenters. The molecule has 1 aliphatic carbocycles. The minimum absolute atomic E-state index is 0.0105. The van der Waals surface area contributed by atoms with Crippen LogP contribution in [0, 0.1) is 10.8 Å². The Hall–Kier alpha value is -0.570. The number of piperidine rings is 1. The average molecular weight is 252 g/mol. The predicted molar refractivity (Wildman–Crippen MR) is 74.4 cm³/mol. The maximum atomic E-state index is 12.3. The summed E-state index contributed by atoms with van der Waals surface area (Å²) in [6, 6.07) is -0.0105. The molecule has 1 saturated carbocycles. The van der Waals surface area contributed by atoms with Gasteiger partial charge in [0, 0.05) is 6.54 Å². The zero-order valence-electron chi connectivity index (χ0n) is 12.1. The van der Waals surface area contributed by atoms with Crippen LogP contribution in [0.1, 0.15) is 59.3 Å². The summed E-state index contributed by atoms with van der Waals surface area (Å²) in [6.45, 7) is 8.48. The van der Waals surface area contributed by atoms with Gasteiger partial charge in [-0.05, 0) is 49.5 Å². The zero-order valence-corrected chi connectivity index (χ0v) is 12.1. The van der Waals surface area contributed by atoms with E-state index in [1.165, 1.54) is 32.1 Å². The minimum atomic E-state index is -0.0105. The maximum Gasteiger partial charge on any atom is 0.237 e. The molecule has 1 aliphatic heterocycles. The molecule has 0 aromatic rings. The van der Waals surface area contributed by atoms with Crippen LogP contribution >= 0.6 is 0 Å². The topological polar surface area (TPSA) is 41.1 Å². The van der Waals surface area contributed by atoms with Gasteiger partial charge >= 0.3 is 0 Å².